The highest BCUT2D eigenvalue weighted by molar-refractivity contribution is 5.66. The molecular weight excluding hydrogens is 188 g/mol. The lowest BCUT2D eigenvalue weighted by atomic mass is 9.71. The molecule has 2 nitrogen and oxygen atoms in total. The molecule has 0 saturated heterocycles. The van der Waals surface area contributed by atoms with Crippen molar-refractivity contribution in [3.8, 4) is 0 Å². The fraction of sp³-hybridized carbons (Fsp3) is 0.769. The summed E-state index contributed by atoms with van der Waals surface area (Å²) in [6.45, 7) is 8.91. The molecule has 0 aliphatic heterocycles. The molecule has 1 aliphatic rings. The summed E-state index contributed by atoms with van der Waals surface area (Å²) in [5.41, 5.74) is 1.70. The monoisotopic (exact) mass is 210 g/mol. The topological polar surface area (TPSA) is 37.3 Å². The van der Waals surface area contributed by atoms with Crippen molar-refractivity contribution in [2.75, 3.05) is 0 Å². The van der Waals surface area contributed by atoms with Gasteiger partial charge in [-0.2, -0.15) is 0 Å². The molecule has 0 aromatic carbocycles. The fourth-order valence-corrected chi connectivity index (χ4v) is 2.65. The van der Waals surface area contributed by atoms with E-state index in [-0.39, 0.29) is 5.41 Å². The first-order valence-electron chi connectivity index (χ1n) is 5.74. The van der Waals surface area contributed by atoms with Crippen molar-refractivity contribution in [1.82, 2.24) is 0 Å². The molecule has 1 N–H and O–H groups in total. The van der Waals surface area contributed by atoms with Gasteiger partial charge in [0.15, 0.2) is 0 Å². The largest absolute Gasteiger partial charge is 0.481 e. The Morgan fingerprint density at radius 2 is 2.27 bits per heavy atom. The molecule has 0 amide bonds. The van der Waals surface area contributed by atoms with Gasteiger partial charge in [-0.15, -0.1) is 0 Å². The minimum absolute atomic E-state index is 0.248. The molecule has 0 radical (unpaired) electrons. The molecule has 0 bridgehead atoms. The minimum Gasteiger partial charge on any atom is -0.481 e. The molecule has 86 valence electrons. The van der Waals surface area contributed by atoms with Crippen molar-refractivity contribution >= 4 is 5.97 Å². The van der Waals surface area contributed by atoms with Crippen LogP contribution in [0.2, 0.25) is 0 Å². The number of aliphatic carboxylic acids is 1. The Balaban J connectivity index is 2.55. The Kier molecular flexibility index (Phi) is 3.58. The zero-order valence-electron chi connectivity index (χ0n) is 10.2. The van der Waals surface area contributed by atoms with Crippen LogP contribution in [0.3, 0.4) is 0 Å². The van der Waals surface area contributed by atoms with Gasteiger partial charge in [0.25, 0.3) is 0 Å². The van der Waals surface area contributed by atoms with Crippen LogP contribution < -0.4 is 0 Å². The molecular formula is C13H22O2. The van der Waals surface area contributed by atoms with E-state index in [1.165, 1.54) is 5.57 Å². The summed E-state index contributed by atoms with van der Waals surface area (Å²) in [7, 11) is 0. The molecule has 0 aromatic heterocycles. The Morgan fingerprint density at radius 1 is 1.67 bits per heavy atom. The van der Waals surface area contributed by atoms with Crippen LogP contribution in [0.15, 0.2) is 11.6 Å². The van der Waals surface area contributed by atoms with E-state index >= 15 is 0 Å². The highest BCUT2D eigenvalue weighted by Crippen LogP contribution is 2.47. The van der Waals surface area contributed by atoms with Crippen LogP contribution in [0.4, 0.5) is 0 Å². The molecule has 15 heavy (non-hydrogen) atoms. The molecule has 2 atom stereocenters. The van der Waals surface area contributed by atoms with E-state index in [0.717, 1.165) is 12.8 Å². The Labute approximate surface area is 92.4 Å². The quantitative estimate of drug-likeness (QED) is 0.721. The zero-order chi connectivity index (χ0) is 11.6. The molecule has 1 unspecified atom stereocenters. The highest BCUT2D eigenvalue weighted by Gasteiger charge is 2.37. The number of carbonyl (C=O) groups is 1. The zero-order valence-corrected chi connectivity index (χ0v) is 10.2. The molecule has 0 spiro atoms. The molecule has 0 aromatic rings. The Bertz CT molecular complexity index is 276. The lowest BCUT2D eigenvalue weighted by Gasteiger charge is -2.34. The standard InChI is InChI=1S/C13H22O2/c1-9(5-8-12(14)15)11-7-6-10(2)13(11,3)4/h6,9,11H,5,7-8H2,1-4H3,(H,14,15)/t9?,11-/m0/s1. The maximum Gasteiger partial charge on any atom is 0.303 e. The third kappa shape index (κ3) is 2.61. The summed E-state index contributed by atoms with van der Waals surface area (Å²) in [6, 6.07) is 0. The van der Waals surface area contributed by atoms with Crippen molar-refractivity contribution < 1.29 is 9.90 Å². The van der Waals surface area contributed by atoms with Gasteiger partial charge in [0, 0.05) is 6.42 Å². The van der Waals surface area contributed by atoms with Crippen LogP contribution in [-0.4, -0.2) is 11.1 Å². The van der Waals surface area contributed by atoms with Gasteiger partial charge in [0.1, 0.15) is 0 Å². The Hall–Kier alpha value is -0.790. The summed E-state index contributed by atoms with van der Waals surface area (Å²) in [5.74, 6) is 0.420. The average Bonchev–Trinajstić information content (AvgIpc) is 2.38. The summed E-state index contributed by atoms with van der Waals surface area (Å²) >= 11 is 0. The third-order valence-corrected chi connectivity index (χ3v) is 4.12. The van der Waals surface area contributed by atoms with Gasteiger partial charge >= 0.3 is 5.97 Å². The predicted molar refractivity (Wildman–Crippen MR) is 61.7 cm³/mol. The molecule has 0 fully saturated rings. The Morgan fingerprint density at radius 3 is 2.67 bits per heavy atom. The number of carboxylic acid groups (broad SMARTS) is 1. The lowest BCUT2D eigenvalue weighted by Crippen LogP contribution is -2.26. The van der Waals surface area contributed by atoms with Crippen LogP contribution in [0.1, 0.15) is 47.0 Å². The summed E-state index contributed by atoms with van der Waals surface area (Å²) in [5, 5.41) is 8.67. The van der Waals surface area contributed by atoms with Crippen LogP contribution in [0, 0.1) is 17.3 Å². The molecule has 1 rings (SSSR count). The first-order valence-corrected chi connectivity index (χ1v) is 5.74. The lowest BCUT2D eigenvalue weighted by molar-refractivity contribution is -0.137. The van der Waals surface area contributed by atoms with Gasteiger partial charge in [-0.25, -0.2) is 0 Å². The second kappa shape index (κ2) is 4.38. The van der Waals surface area contributed by atoms with E-state index in [0.29, 0.717) is 18.3 Å². The van der Waals surface area contributed by atoms with Gasteiger partial charge in [-0.05, 0) is 37.0 Å². The van der Waals surface area contributed by atoms with E-state index in [9.17, 15) is 4.79 Å². The number of hydrogen-bond donors (Lipinski definition) is 1. The van der Waals surface area contributed by atoms with E-state index in [4.69, 9.17) is 5.11 Å². The normalized spacial score (nSPS) is 26.1. The van der Waals surface area contributed by atoms with Crippen molar-refractivity contribution in [2.45, 2.75) is 47.0 Å². The van der Waals surface area contributed by atoms with Crippen molar-refractivity contribution in [1.29, 1.82) is 0 Å². The number of allylic oxidation sites excluding steroid dienone is 2. The van der Waals surface area contributed by atoms with Gasteiger partial charge in [0.2, 0.25) is 0 Å². The van der Waals surface area contributed by atoms with E-state index in [1.807, 2.05) is 0 Å². The van der Waals surface area contributed by atoms with Crippen LogP contribution >= 0.6 is 0 Å². The molecule has 0 saturated carbocycles. The van der Waals surface area contributed by atoms with Crippen molar-refractivity contribution in [2.24, 2.45) is 17.3 Å². The molecule has 0 heterocycles. The van der Waals surface area contributed by atoms with Gasteiger partial charge < -0.3 is 5.11 Å². The highest BCUT2D eigenvalue weighted by atomic mass is 16.4. The van der Waals surface area contributed by atoms with Crippen molar-refractivity contribution in [3.63, 3.8) is 0 Å². The van der Waals surface area contributed by atoms with Gasteiger partial charge in [-0.3, -0.25) is 4.79 Å². The average molecular weight is 210 g/mol. The van der Waals surface area contributed by atoms with Crippen LogP contribution in [0.25, 0.3) is 0 Å². The number of hydrogen-bond acceptors (Lipinski definition) is 1. The van der Waals surface area contributed by atoms with Gasteiger partial charge in [0.05, 0.1) is 0 Å². The van der Waals surface area contributed by atoms with Gasteiger partial charge in [-0.1, -0.05) is 32.4 Å². The first kappa shape index (κ1) is 12.3. The predicted octanol–water partition coefficient (Wildman–Crippen LogP) is 3.48. The third-order valence-electron chi connectivity index (χ3n) is 4.12. The summed E-state index contributed by atoms with van der Waals surface area (Å²) in [4.78, 5) is 10.5. The maximum atomic E-state index is 10.5. The fourth-order valence-electron chi connectivity index (χ4n) is 2.65. The molecule has 1 aliphatic carbocycles. The van der Waals surface area contributed by atoms with Crippen LogP contribution in [0.5, 0.6) is 0 Å². The second-order valence-electron chi connectivity index (χ2n) is 5.36. The van der Waals surface area contributed by atoms with Crippen LogP contribution in [-0.2, 0) is 4.79 Å². The second-order valence-corrected chi connectivity index (χ2v) is 5.36. The van der Waals surface area contributed by atoms with Crippen molar-refractivity contribution in [3.05, 3.63) is 11.6 Å². The smallest absolute Gasteiger partial charge is 0.303 e. The molecule has 2 heteroatoms. The van der Waals surface area contributed by atoms with E-state index in [1.54, 1.807) is 0 Å². The summed E-state index contributed by atoms with van der Waals surface area (Å²) < 4.78 is 0. The van der Waals surface area contributed by atoms with E-state index in [2.05, 4.69) is 33.8 Å². The first-order chi connectivity index (χ1) is 6.85. The number of carboxylic acids is 1. The minimum atomic E-state index is -0.678. The van der Waals surface area contributed by atoms with E-state index < -0.39 is 5.97 Å². The summed E-state index contributed by atoms with van der Waals surface area (Å²) in [6.07, 6.45) is 4.51. The SMILES string of the molecule is CC1=CC[C@@H](C(C)CCC(=O)O)C1(C)C. The maximum absolute atomic E-state index is 10.5. The number of rotatable bonds is 4.